The van der Waals surface area contributed by atoms with Crippen molar-refractivity contribution in [1.29, 1.82) is 0 Å². The molecule has 0 unspecified atom stereocenters. The summed E-state index contributed by atoms with van der Waals surface area (Å²) >= 11 is 0. The van der Waals surface area contributed by atoms with Gasteiger partial charge in [0.1, 0.15) is 35.6 Å². The molecule has 0 bridgehead atoms. The number of ether oxygens (including phenoxy) is 4. The first kappa shape index (κ1) is 36.0. The lowest BCUT2D eigenvalue weighted by Gasteiger charge is -2.39. The van der Waals surface area contributed by atoms with E-state index in [1.54, 1.807) is 68.8 Å². The number of aromatic nitrogens is 4. The van der Waals surface area contributed by atoms with Crippen molar-refractivity contribution in [3.63, 3.8) is 0 Å². The second-order valence-corrected chi connectivity index (χ2v) is 12.8. The lowest BCUT2D eigenvalue weighted by Crippen LogP contribution is -2.44. The number of alkyl halides is 1. The average molecular weight is 740 g/mol. The van der Waals surface area contributed by atoms with Gasteiger partial charge in [0.05, 0.1) is 27.2 Å². The Balaban J connectivity index is 1.31. The molecule has 15 heteroatoms. The summed E-state index contributed by atoms with van der Waals surface area (Å²) in [6, 6.07) is 32.5. The largest absolute Gasteiger partial charge is 0.497 e. The van der Waals surface area contributed by atoms with E-state index >= 15 is 4.39 Å². The monoisotopic (exact) mass is 739 g/mol. The molecule has 1 aliphatic heterocycles. The SMILES string of the molecule is COc1ccc(C(O[C@H]2[C@@H](F)[C@H](n3cnc4c(NC(=O)c5ccccc5)ncnc43)O[C@@H]2COP(O)O)(c2ccccc2)c2ccc(OC)cc2)cc1. The summed E-state index contributed by atoms with van der Waals surface area (Å²) in [6.45, 7) is -0.420. The third-order valence-corrected chi connectivity index (χ3v) is 9.39. The number of nitrogens with zero attached hydrogens (tertiary/aromatic N) is 4. The van der Waals surface area contributed by atoms with Crippen LogP contribution in [0.5, 0.6) is 11.5 Å². The van der Waals surface area contributed by atoms with Gasteiger partial charge in [-0.1, -0.05) is 72.8 Å². The van der Waals surface area contributed by atoms with Crippen molar-refractivity contribution in [2.45, 2.75) is 30.2 Å². The minimum absolute atomic E-state index is 0.122. The standard InChI is InChI=1S/C38H35FN5O8P/c1-48-28-17-13-26(14-18-28)38(25-11-7-4-8-12-25,27-15-19-29(49-2)20-16-27)52-33-30(21-50-53(46)47)51-37(31(33)39)44-23-42-32-34(40-22-41-35(32)44)43-36(45)24-9-5-3-6-10-24/h3-20,22-23,30-31,33,37,46-47H,21H2,1-2H3,(H,40,41,43,45)/t30-,31-,33-,37-/m1/s1. The average Bonchev–Trinajstić information content (AvgIpc) is 3.77. The first-order chi connectivity index (χ1) is 25.8. The summed E-state index contributed by atoms with van der Waals surface area (Å²) in [5.74, 6) is 0.927. The molecule has 13 nitrogen and oxygen atoms in total. The molecule has 1 fully saturated rings. The number of amides is 1. The van der Waals surface area contributed by atoms with Crippen LogP contribution in [0.1, 0.15) is 33.3 Å². The predicted molar refractivity (Wildman–Crippen MR) is 193 cm³/mol. The minimum Gasteiger partial charge on any atom is -0.497 e. The zero-order valence-corrected chi connectivity index (χ0v) is 29.4. The van der Waals surface area contributed by atoms with E-state index in [4.69, 9.17) is 23.5 Å². The van der Waals surface area contributed by atoms with Gasteiger partial charge in [0.2, 0.25) is 0 Å². The predicted octanol–water partition coefficient (Wildman–Crippen LogP) is 5.94. The van der Waals surface area contributed by atoms with Gasteiger partial charge in [-0.3, -0.25) is 9.36 Å². The molecule has 3 heterocycles. The van der Waals surface area contributed by atoms with Crippen LogP contribution in [0.4, 0.5) is 10.2 Å². The number of hydrogen-bond donors (Lipinski definition) is 3. The van der Waals surface area contributed by atoms with E-state index < -0.39 is 51.3 Å². The van der Waals surface area contributed by atoms with Gasteiger partial charge < -0.3 is 38.6 Å². The van der Waals surface area contributed by atoms with Crippen LogP contribution in [0.2, 0.25) is 0 Å². The molecule has 0 spiro atoms. The maximum absolute atomic E-state index is 17.3. The maximum Gasteiger partial charge on any atom is 0.327 e. The molecule has 1 aliphatic rings. The van der Waals surface area contributed by atoms with E-state index in [2.05, 4.69) is 20.3 Å². The number of benzene rings is 4. The van der Waals surface area contributed by atoms with Crippen LogP contribution in [0.3, 0.4) is 0 Å². The van der Waals surface area contributed by atoms with Gasteiger partial charge >= 0.3 is 8.60 Å². The maximum atomic E-state index is 17.3. The number of hydrogen-bond acceptors (Lipinski definition) is 11. The van der Waals surface area contributed by atoms with Gasteiger partial charge in [0.25, 0.3) is 5.91 Å². The molecule has 2 aromatic heterocycles. The number of nitrogens with one attached hydrogen (secondary N) is 1. The fourth-order valence-electron chi connectivity index (χ4n) is 6.46. The summed E-state index contributed by atoms with van der Waals surface area (Å²) in [5.41, 5.74) is 1.33. The lowest BCUT2D eigenvalue weighted by molar-refractivity contribution is -0.103. The highest BCUT2D eigenvalue weighted by atomic mass is 31.2. The van der Waals surface area contributed by atoms with Gasteiger partial charge in [0, 0.05) is 5.56 Å². The highest BCUT2D eigenvalue weighted by molar-refractivity contribution is 7.39. The second-order valence-electron chi connectivity index (χ2n) is 12.0. The molecular formula is C38H35FN5O8P. The summed E-state index contributed by atoms with van der Waals surface area (Å²) in [4.78, 5) is 45.4. The van der Waals surface area contributed by atoms with Gasteiger partial charge in [-0.15, -0.1) is 0 Å². The van der Waals surface area contributed by atoms with E-state index in [1.807, 2.05) is 54.6 Å². The van der Waals surface area contributed by atoms with Crippen LogP contribution >= 0.6 is 8.60 Å². The van der Waals surface area contributed by atoms with Crippen molar-refractivity contribution in [3.05, 3.63) is 144 Å². The first-order valence-electron chi connectivity index (χ1n) is 16.5. The molecule has 0 radical (unpaired) electrons. The summed E-state index contributed by atoms with van der Waals surface area (Å²) in [6.07, 6.45) is -3.20. The van der Waals surface area contributed by atoms with Crippen molar-refractivity contribution in [2.75, 3.05) is 26.1 Å². The zero-order chi connectivity index (χ0) is 37.0. The van der Waals surface area contributed by atoms with E-state index in [-0.39, 0.29) is 17.0 Å². The van der Waals surface area contributed by atoms with E-state index in [0.717, 1.165) is 0 Å². The number of carbonyl (C=O) groups excluding carboxylic acids is 1. The molecule has 53 heavy (non-hydrogen) atoms. The Morgan fingerprint density at radius 3 is 2.02 bits per heavy atom. The van der Waals surface area contributed by atoms with Crippen molar-refractivity contribution < 1.29 is 42.4 Å². The smallest absolute Gasteiger partial charge is 0.327 e. The van der Waals surface area contributed by atoms with E-state index in [1.165, 1.54) is 17.2 Å². The normalized spacial score (nSPS) is 18.7. The zero-order valence-electron chi connectivity index (χ0n) is 28.5. The quantitative estimate of drug-likeness (QED) is 0.0951. The van der Waals surface area contributed by atoms with E-state index in [0.29, 0.717) is 33.8 Å². The Morgan fingerprint density at radius 2 is 1.43 bits per heavy atom. The van der Waals surface area contributed by atoms with Crippen LogP contribution in [0, 0.1) is 0 Å². The molecule has 6 aromatic rings. The Kier molecular flexibility index (Phi) is 10.7. The Hall–Kier alpha value is -5.34. The van der Waals surface area contributed by atoms with E-state index in [9.17, 15) is 14.6 Å². The summed E-state index contributed by atoms with van der Waals surface area (Å²) in [5, 5.41) is 2.75. The molecule has 0 saturated carbocycles. The second kappa shape index (κ2) is 15.7. The van der Waals surface area contributed by atoms with Crippen LogP contribution in [0.25, 0.3) is 11.2 Å². The minimum atomic E-state index is -2.81. The number of rotatable bonds is 13. The molecule has 3 N–H and O–H groups in total. The van der Waals surface area contributed by atoms with Crippen molar-refractivity contribution in [3.8, 4) is 11.5 Å². The number of anilines is 1. The van der Waals surface area contributed by atoms with Gasteiger partial charge in [-0.25, -0.2) is 19.3 Å². The molecule has 272 valence electrons. The molecule has 1 amide bonds. The van der Waals surface area contributed by atoms with Crippen LogP contribution < -0.4 is 14.8 Å². The van der Waals surface area contributed by atoms with Crippen molar-refractivity contribution in [2.24, 2.45) is 0 Å². The third kappa shape index (κ3) is 7.20. The first-order valence-corrected chi connectivity index (χ1v) is 17.7. The molecular weight excluding hydrogens is 704 g/mol. The van der Waals surface area contributed by atoms with Crippen molar-refractivity contribution >= 4 is 31.5 Å². The fourth-order valence-corrected chi connectivity index (χ4v) is 6.74. The summed E-state index contributed by atoms with van der Waals surface area (Å²) in [7, 11) is 0.319. The molecule has 0 aliphatic carbocycles. The third-order valence-electron chi connectivity index (χ3n) is 9.01. The Labute approximate surface area is 304 Å². The lowest BCUT2D eigenvalue weighted by atomic mass is 9.79. The van der Waals surface area contributed by atoms with Gasteiger partial charge in [0.15, 0.2) is 29.4 Å². The van der Waals surface area contributed by atoms with Crippen LogP contribution in [0.15, 0.2) is 122 Å². The number of halogens is 1. The number of methoxy groups -OCH3 is 2. The molecule has 1 saturated heterocycles. The Morgan fingerprint density at radius 1 is 0.849 bits per heavy atom. The highest BCUT2D eigenvalue weighted by Gasteiger charge is 2.52. The highest BCUT2D eigenvalue weighted by Crippen LogP contribution is 2.47. The van der Waals surface area contributed by atoms with Gasteiger partial charge in [-0.2, -0.15) is 0 Å². The Bertz CT molecular complexity index is 2090. The topological polar surface area (TPSA) is 159 Å². The van der Waals surface area contributed by atoms with Gasteiger partial charge in [-0.05, 0) is 53.1 Å². The number of carbonyl (C=O) groups is 1. The van der Waals surface area contributed by atoms with Crippen LogP contribution in [-0.2, 0) is 19.6 Å². The molecule has 4 atom stereocenters. The molecule has 7 rings (SSSR count). The number of fused-ring (bicyclic) bond motifs is 1. The summed E-state index contributed by atoms with van der Waals surface area (Å²) < 4.78 is 48.2. The fraction of sp³-hybridized carbons (Fsp3) is 0.211. The molecule has 4 aromatic carbocycles. The number of imidazole rings is 1. The van der Waals surface area contributed by atoms with Crippen LogP contribution in [-0.4, -0.2) is 74.4 Å². The van der Waals surface area contributed by atoms with Crippen molar-refractivity contribution in [1.82, 2.24) is 19.5 Å².